The number of nitrogens with two attached hydrogens (primary N) is 1. The average molecular weight is 597 g/mol. The lowest BCUT2D eigenvalue weighted by Crippen LogP contribution is -2.53. The van der Waals surface area contributed by atoms with Gasteiger partial charge < -0.3 is 15.2 Å². The standard InChI is InChI=1S/C27H20F4N8O4/c28-16-10-20(26(42)39(27(29,30)31)25-17-3-1-2-4-21(17)43-36-25)37(12-16)22(40)13-38-19-6-5-14(15-7-8-33-34-11-15)9-18(19)23(35-38)24(32)41/h1-9,11,16,20H,10,12-13H2,(H2,32,41)/t16-,20+/m1/s1. The predicted molar refractivity (Wildman–Crippen MR) is 142 cm³/mol. The summed E-state index contributed by atoms with van der Waals surface area (Å²) in [6.07, 6.45) is -4.72. The molecule has 0 spiro atoms. The van der Waals surface area contributed by atoms with Crippen LogP contribution < -0.4 is 10.6 Å². The molecule has 4 heterocycles. The minimum Gasteiger partial charge on any atom is -0.364 e. The molecule has 1 aliphatic rings. The normalized spacial score (nSPS) is 17.1. The number of nitrogens with zero attached hydrogens (tertiary/aromatic N) is 7. The van der Waals surface area contributed by atoms with E-state index in [2.05, 4.69) is 20.5 Å². The zero-order valence-corrected chi connectivity index (χ0v) is 21.9. The molecule has 2 aromatic carbocycles. The van der Waals surface area contributed by atoms with E-state index in [1.165, 1.54) is 36.7 Å². The number of hydrogen-bond acceptors (Lipinski definition) is 8. The second kappa shape index (κ2) is 10.5. The Hall–Kier alpha value is -5.41. The highest BCUT2D eigenvalue weighted by molar-refractivity contribution is 6.06. The average Bonchev–Trinajstić information content (AvgIpc) is 3.68. The summed E-state index contributed by atoms with van der Waals surface area (Å²) < 4.78 is 63.5. The van der Waals surface area contributed by atoms with Crippen molar-refractivity contribution in [3.63, 3.8) is 0 Å². The zero-order valence-electron chi connectivity index (χ0n) is 21.9. The molecule has 5 aromatic rings. The molecule has 43 heavy (non-hydrogen) atoms. The minimum atomic E-state index is -5.27. The maximum atomic E-state index is 14.6. The molecular weight excluding hydrogens is 576 g/mol. The van der Waals surface area contributed by atoms with Gasteiger partial charge in [-0.1, -0.05) is 23.4 Å². The summed E-state index contributed by atoms with van der Waals surface area (Å²) in [7, 11) is 0. The molecule has 1 fully saturated rings. The lowest BCUT2D eigenvalue weighted by atomic mass is 10.0. The number of hydrogen-bond donors (Lipinski definition) is 1. The summed E-state index contributed by atoms with van der Waals surface area (Å²) in [4.78, 5) is 39.2. The van der Waals surface area contributed by atoms with Crippen molar-refractivity contribution in [1.82, 2.24) is 30.0 Å². The van der Waals surface area contributed by atoms with Crippen LogP contribution in [0.1, 0.15) is 16.9 Å². The molecule has 16 heteroatoms. The third-order valence-corrected chi connectivity index (χ3v) is 7.09. The van der Waals surface area contributed by atoms with E-state index in [0.717, 1.165) is 9.58 Å². The Morgan fingerprint density at radius 2 is 1.84 bits per heavy atom. The quantitative estimate of drug-likeness (QED) is 0.232. The predicted octanol–water partition coefficient (Wildman–Crippen LogP) is 3.23. The monoisotopic (exact) mass is 596 g/mol. The second-order valence-electron chi connectivity index (χ2n) is 9.77. The number of amides is 3. The molecule has 6 rings (SSSR count). The molecule has 3 aromatic heterocycles. The highest BCUT2D eigenvalue weighted by atomic mass is 19.4. The zero-order chi connectivity index (χ0) is 30.5. The summed E-state index contributed by atoms with van der Waals surface area (Å²) in [5, 5.41) is 15.3. The van der Waals surface area contributed by atoms with Crippen LogP contribution in [0.15, 0.2) is 65.4 Å². The lowest BCUT2D eigenvalue weighted by Gasteiger charge is -2.29. The highest BCUT2D eigenvalue weighted by Crippen LogP contribution is 2.36. The first-order valence-electron chi connectivity index (χ1n) is 12.8. The molecule has 0 unspecified atom stereocenters. The summed E-state index contributed by atoms with van der Waals surface area (Å²) >= 11 is 0. The Morgan fingerprint density at radius 1 is 1.05 bits per heavy atom. The van der Waals surface area contributed by atoms with Gasteiger partial charge in [0.15, 0.2) is 17.1 Å². The summed E-state index contributed by atoms with van der Waals surface area (Å²) in [6, 6.07) is 10.4. The number of aromatic nitrogens is 5. The largest absolute Gasteiger partial charge is 0.493 e. The van der Waals surface area contributed by atoms with Gasteiger partial charge in [0.05, 0.1) is 29.8 Å². The van der Waals surface area contributed by atoms with E-state index in [1.54, 1.807) is 24.3 Å². The molecular formula is C27H20F4N8O4. The number of primary amides is 1. The minimum absolute atomic E-state index is 0.00133. The summed E-state index contributed by atoms with van der Waals surface area (Å²) in [5.41, 5.74) is 6.99. The van der Waals surface area contributed by atoms with Crippen molar-refractivity contribution in [2.24, 2.45) is 5.73 Å². The van der Waals surface area contributed by atoms with Crippen molar-refractivity contribution in [2.75, 3.05) is 11.4 Å². The summed E-state index contributed by atoms with van der Waals surface area (Å²) in [5.74, 6) is -4.21. The van der Waals surface area contributed by atoms with Gasteiger partial charge in [-0.15, -0.1) is 13.2 Å². The van der Waals surface area contributed by atoms with Crippen LogP contribution in [0.4, 0.5) is 23.4 Å². The molecule has 2 N–H and O–H groups in total. The third kappa shape index (κ3) is 5.00. The topological polar surface area (TPSA) is 153 Å². The first-order chi connectivity index (χ1) is 20.5. The van der Waals surface area contributed by atoms with Crippen LogP contribution in [0.5, 0.6) is 0 Å². The van der Waals surface area contributed by atoms with Gasteiger partial charge in [-0.05, 0) is 35.9 Å². The number of para-hydroxylation sites is 1. The van der Waals surface area contributed by atoms with Crippen LogP contribution in [0, 0.1) is 0 Å². The van der Waals surface area contributed by atoms with E-state index in [0.29, 0.717) is 22.0 Å². The molecule has 1 aliphatic heterocycles. The van der Waals surface area contributed by atoms with E-state index >= 15 is 0 Å². The van der Waals surface area contributed by atoms with Crippen molar-refractivity contribution in [3.05, 3.63) is 66.6 Å². The van der Waals surface area contributed by atoms with Crippen molar-refractivity contribution in [3.8, 4) is 11.1 Å². The molecule has 1 saturated heterocycles. The van der Waals surface area contributed by atoms with E-state index in [1.807, 2.05) is 0 Å². The van der Waals surface area contributed by atoms with Crippen molar-refractivity contribution in [1.29, 1.82) is 0 Å². The number of carbonyl (C=O) groups excluding carboxylic acids is 3. The van der Waals surface area contributed by atoms with Crippen LogP contribution in [0.2, 0.25) is 0 Å². The maximum Gasteiger partial charge on any atom is 0.493 e. The molecule has 0 radical (unpaired) electrons. The first-order valence-corrected chi connectivity index (χ1v) is 12.8. The van der Waals surface area contributed by atoms with Gasteiger partial charge in [-0.25, -0.2) is 4.39 Å². The Kier molecular flexibility index (Phi) is 6.74. The van der Waals surface area contributed by atoms with Gasteiger partial charge in [0.25, 0.3) is 11.8 Å². The van der Waals surface area contributed by atoms with E-state index < -0.39 is 66.5 Å². The molecule has 220 valence electrons. The first kappa shape index (κ1) is 27.7. The van der Waals surface area contributed by atoms with E-state index in [9.17, 15) is 31.9 Å². The van der Waals surface area contributed by atoms with Crippen LogP contribution in [-0.4, -0.2) is 72.8 Å². The van der Waals surface area contributed by atoms with Gasteiger partial charge in [0.1, 0.15) is 18.8 Å². The van der Waals surface area contributed by atoms with Gasteiger partial charge in [-0.2, -0.15) is 20.2 Å². The van der Waals surface area contributed by atoms with Gasteiger partial charge in [0, 0.05) is 17.4 Å². The number of halogens is 4. The van der Waals surface area contributed by atoms with Crippen molar-refractivity contribution < 1.29 is 36.5 Å². The number of alkyl halides is 4. The lowest BCUT2D eigenvalue weighted by molar-refractivity contribution is -0.156. The molecule has 3 amide bonds. The molecule has 2 atom stereocenters. The fourth-order valence-corrected chi connectivity index (χ4v) is 5.17. The van der Waals surface area contributed by atoms with Crippen molar-refractivity contribution >= 4 is 45.4 Å². The van der Waals surface area contributed by atoms with Crippen LogP contribution >= 0.6 is 0 Å². The van der Waals surface area contributed by atoms with Gasteiger partial charge in [-0.3, -0.25) is 19.1 Å². The highest BCUT2D eigenvalue weighted by Gasteiger charge is 2.51. The van der Waals surface area contributed by atoms with Crippen LogP contribution in [-0.2, 0) is 16.1 Å². The Bertz CT molecular complexity index is 1870. The van der Waals surface area contributed by atoms with Crippen molar-refractivity contribution in [2.45, 2.75) is 31.5 Å². The van der Waals surface area contributed by atoms with Gasteiger partial charge >= 0.3 is 6.30 Å². The molecule has 0 aliphatic carbocycles. The number of carbonyl (C=O) groups is 3. The molecule has 0 bridgehead atoms. The Labute approximate surface area is 238 Å². The van der Waals surface area contributed by atoms with Crippen LogP contribution in [0.25, 0.3) is 33.0 Å². The fourth-order valence-electron chi connectivity index (χ4n) is 5.17. The Morgan fingerprint density at radius 3 is 2.56 bits per heavy atom. The smallest absolute Gasteiger partial charge is 0.364 e. The number of rotatable bonds is 6. The maximum absolute atomic E-state index is 14.6. The Balaban J connectivity index is 1.32. The fraction of sp³-hybridized carbons (Fsp3) is 0.222. The van der Waals surface area contributed by atoms with Crippen LogP contribution in [0.3, 0.4) is 0 Å². The van der Waals surface area contributed by atoms with Gasteiger partial charge in [0.2, 0.25) is 5.91 Å². The SMILES string of the molecule is NC(=O)c1nn(CC(=O)N2C[C@H](F)C[C@H]2C(=O)N(c2noc3ccccc23)C(F)(F)F)c2ccc(-c3ccnnc3)cc12. The second-order valence-corrected chi connectivity index (χ2v) is 9.77. The summed E-state index contributed by atoms with van der Waals surface area (Å²) in [6.45, 7) is -1.24. The van der Waals surface area contributed by atoms with E-state index in [-0.39, 0.29) is 16.7 Å². The molecule has 0 saturated carbocycles. The number of benzene rings is 2. The third-order valence-electron chi connectivity index (χ3n) is 7.09. The molecule has 12 nitrogen and oxygen atoms in total. The number of likely N-dealkylation sites (tertiary alicyclic amines) is 1. The number of anilines is 1. The number of fused-ring (bicyclic) bond motifs is 2. The van der Waals surface area contributed by atoms with E-state index in [4.69, 9.17) is 10.3 Å².